The van der Waals surface area contributed by atoms with Crippen molar-refractivity contribution in [3.63, 3.8) is 0 Å². The van der Waals surface area contributed by atoms with Crippen molar-refractivity contribution in [2.45, 2.75) is 32.8 Å². The number of amides is 2. The fourth-order valence-electron chi connectivity index (χ4n) is 1.59. The molecule has 0 fully saturated rings. The Balaban J connectivity index is 2.36. The molecule has 1 aromatic rings. The molecule has 0 atom stereocenters. The largest absolute Gasteiger partial charge is 0.444 e. The summed E-state index contributed by atoms with van der Waals surface area (Å²) in [5, 5.41) is 5.36. The highest BCUT2D eigenvalue weighted by Gasteiger charge is 2.15. The third-order valence-electron chi connectivity index (χ3n) is 2.50. The van der Waals surface area contributed by atoms with Crippen LogP contribution in [0.2, 0.25) is 0 Å². The summed E-state index contributed by atoms with van der Waals surface area (Å²) in [4.78, 5) is 22.6. The van der Waals surface area contributed by atoms with Gasteiger partial charge in [0, 0.05) is 12.2 Å². The SMILES string of the molecule is CC(C)(C)OC(=O)NCCc1ccc(NC(=O)CN)cc1. The summed E-state index contributed by atoms with van der Waals surface area (Å²) in [6, 6.07) is 7.39. The molecule has 0 aromatic heterocycles. The van der Waals surface area contributed by atoms with Crippen molar-refractivity contribution >= 4 is 17.7 Å². The topological polar surface area (TPSA) is 93.5 Å². The molecule has 0 spiro atoms. The van der Waals surface area contributed by atoms with Crippen molar-refractivity contribution in [3.8, 4) is 0 Å². The van der Waals surface area contributed by atoms with E-state index in [2.05, 4.69) is 10.6 Å². The highest BCUT2D eigenvalue weighted by atomic mass is 16.6. The molecule has 0 heterocycles. The molecule has 1 aromatic carbocycles. The van der Waals surface area contributed by atoms with Crippen molar-refractivity contribution in [1.82, 2.24) is 5.32 Å². The molecular formula is C15H23N3O3. The first kappa shape index (κ1) is 17.0. The van der Waals surface area contributed by atoms with Gasteiger partial charge in [0.2, 0.25) is 5.91 Å². The average molecular weight is 293 g/mol. The van der Waals surface area contributed by atoms with Gasteiger partial charge in [0.15, 0.2) is 0 Å². The Hall–Kier alpha value is -2.08. The zero-order valence-electron chi connectivity index (χ0n) is 12.7. The first-order valence-electron chi connectivity index (χ1n) is 6.86. The van der Waals surface area contributed by atoms with Gasteiger partial charge >= 0.3 is 6.09 Å². The molecule has 0 saturated carbocycles. The number of alkyl carbamates (subject to hydrolysis) is 1. The third kappa shape index (κ3) is 7.31. The van der Waals surface area contributed by atoms with Gasteiger partial charge in [-0.25, -0.2) is 4.79 Å². The molecule has 0 aliphatic carbocycles. The maximum atomic E-state index is 11.5. The van der Waals surface area contributed by atoms with E-state index >= 15 is 0 Å². The summed E-state index contributed by atoms with van der Waals surface area (Å²) in [5.74, 6) is -0.227. The van der Waals surface area contributed by atoms with E-state index in [-0.39, 0.29) is 12.5 Å². The lowest BCUT2D eigenvalue weighted by Gasteiger charge is -2.19. The highest BCUT2D eigenvalue weighted by molar-refractivity contribution is 5.92. The summed E-state index contributed by atoms with van der Waals surface area (Å²) in [5.41, 5.74) is 6.49. The average Bonchev–Trinajstić information content (AvgIpc) is 2.38. The number of carbonyl (C=O) groups excluding carboxylic acids is 2. The molecule has 2 amide bonds. The van der Waals surface area contributed by atoms with Crippen LogP contribution in [0.3, 0.4) is 0 Å². The minimum atomic E-state index is -0.493. The summed E-state index contributed by atoms with van der Waals surface area (Å²) in [6.07, 6.45) is 0.263. The van der Waals surface area contributed by atoms with Crippen molar-refractivity contribution < 1.29 is 14.3 Å². The van der Waals surface area contributed by atoms with Gasteiger partial charge in [0.25, 0.3) is 0 Å². The summed E-state index contributed by atoms with van der Waals surface area (Å²) >= 11 is 0. The monoisotopic (exact) mass is 293 g/mol. The number of hydrogen-bond donors (Lipinski definition) is 3. The lowest BCUT2D eigenvalue weighted by atomic mass is 10.1. The molecule has 116 valence electrons. The summed E-state index contributed by atoms with van der Waals surface area (Å²) in [6.45, 7) is 5.91. The van der Waals surface area contributed by atoms with Crippen LogP contribution in [0.4, 0.5) is 10.5 Å². The van der Waals surface area contributed by atoms with Crippen molar-refractivity contribution in [3.05, 3.63) is 29.8 Å². The number of hydrogen-bond acceptors (Lipinski definition) is 4. The molecule has 0 unspecified atom stereocenters. The number of rotatable bonds is 5. The lowest BCUT2D eigenvalue weighted by molar-refractivity contribution is -0.114. The fraction of sp³-hybridized carbons (Fsp3) is 0.467. The van der Waals surface area contributed by atoms with Gasteiger partial charge in [-0.3, -0.25) is 4.79 Å². The minimum absolute atomic E-state index is 0.0401. The second-order valence-electron chi connectivity index (χ2n) is 5.63. The normalized spacial score (nSPS) is 10.9. The number of benzene rings is 1. The van der Waals surface area contributed by atoms with Gasteiger partial charge < -0.3 is 21.1 Å². The Labute approximate surface area is 125 Å². The van der Waals surface area contributed by atoms with Crippen LogP contribution in [0.1, 0.15) is 26.3 Å². The summed E-state index contributed by atoms with van der Waals surface area (Å²) in [7, 11) is 0. The second-order valence-corrected chi connectivity index (χ2v) is 5.63. The Morgan fingerprint density at radius 1 is 1.19 bits per heavy atom. The number of ether oxygens (including phenoxy) is 1. The molecule has 1 rings (SSSR count). The highest BCUT2D eigenvalue weighted by Crippen LogP contribution is 2.10. The predicted molar refractivity (Wildman–Crippen MR) is 82.1 cm³/mol. The molecule has 0 bridgehead atoms. The van der Waals surface area contributed by atoms with E-state index in [1.807, 2.05) is 32.9 Å². The molecule has 4 N–H and O–H groups in total. The summed E-state index contributed by atoms with van der Waals surface area (Å²) < 4.78 is 5.14. The Morgan fingerprint density at radius 2 is 1.81 bits per heavy atom. The van der Waals surface area contributed by atoms with Gasteiger partial charge in [0.05, 0.1) is 6.54 Å². The third-order valence-corrected chi connectivity index (χ3v) is 2.50. The molecular weight excluding hydrogens is 270 g/mol. The standard InChI is InChI=1S/C15H23N3O3/c1-15(2,3)21-14(20)17-9-8-11-4-6-12(7-5-11)18-13(19)10-16/h4-7H,8-10,16H2,1-3H3,(H,17,20)(H,18,19). The maximum absolute atomic E-state index is 11.5. The van der Waals surface area contributed by atoms with E-state index in [0.29, 0.717) is 18.7 Å². The van der Waals surface area contributed by atoms with Crippen LogP contribution in [0.15, 0.2) is 24.3 Å². The maximum Gasteiger partial charge on any atom is 0.407 e. The van der Waals surface area contributed by atoms with E-state index in [4.69, 9.17) is 10.5 Å². The fourth-order valence-corrected chi connectivity index (χ4v) is 1.59. The van der Waals surface area contributed by atoms with Gasteiger partial charge in [0.1, 0.15) is 5.60 Å². The van der Waals surface area contributed by atoms with Crippen molar-refractivity contribution in [1.29, 1.82) is 0 Å². The first-order chi connectivity index (χ1) is 9.80. The zero-order chi connectivity index (χ0) is 15.9. The molecule has 0 aliphatic rings. The van der Waals surface area contributed by atoms with E-state index in [1.165, 1.54) is 0 Å². The smallest absolute Gasteiger partial charge is 0.407 e. The van der Waals surface area contributed by atoms with E-state index in [1.54, 1.807) is 12.1 Å². The van der Waals surface area contributed by atoms with Crippen LogP contribution in [0.25, 0.3) is 0 Å². The number of anilines is 1. The molecule has 21 heavy (non-hydrogen) atoms. The molecule has 6 nitrogen and oxygen atoms in total. The quantitative estimate of drug-likeness (QED) is 0.769. The Morgan fingerprint density at radius 3 is 2.33 bits per heavy atom. The Kier molecular flexibility index (Phi) is 6.17. The lowest BCUT2D eigenvalue weighted by Crippen LogP contribution is -2.33. The van der Waals surface area contributed by atoms with Crippen LogP contribution < -0.4 is 16.4 Å². The van der Waals surface area contributed by atoms with E-state index in [0.717, 1.165) is 5.56 Å². The van der Waals surface area contributed by atoms with E-state index < -0.39 is 11.7 Å². The zero-order valence-corrected chi connectivity index (χ0v) is 12.7. The number of nitrogens with one attached hydrogen (secondary N) is 2. The van der Waals surface area contributed by atoms with Crippen molar-refractivity contribution in [2.75, 3.05) is 18.4 Å². The number of carbonyl (C=O) groups is 2. The first-order valence-corrected chi connectivity index (χ1v) is 6.86. The number of nitrogens with two attached hydrogens (primary N) is 1. The van der Waals surface area contributed by atoms with Crippen LogP contribution in [-0.4, -0.2) is 30.7 Å². The van der Waals surface area contributed by atoms with E-state index in [9.17, 15) is 9.59 Å². The molecule has 0 saturated heterocycles. The molecule has 6 heteroatoms. The van der Waals surface area contributed by atoms with Gasteiger partial charge in [-0.15, -0.1) is 0 Å². The van der Waals surface area contributed by atoms with Crippen LogP contribution >= 0.6 is 0 Å². The van der Waals surface area contributed by atoms with Gasteiger partial charge in [-0.1, -0.05) is 12.1 Å². The Bertz CT molecular complexity index is 478. The predicted octanol–water partition coefficient (Wildman–Crippen LogP) is 1.65. The molecule has 0 aliphatic heterocycles. The van der Waals surface area contributed by atoms with Gasteiger partial charge in [-0.2, -0.15) is 0 Å². The van der Waals surface area contributed by atoms with Crippen LogP contribution in [-0.2, 0) is 16.0 Å². The van der Waals surface area contributed by atoms with Crippen LogP contribution in [0, 0.1) is 0 Å². The minimum Gasteiger partial charge on any atom is -0.444 e. The second kappa shape index (κ2) is 7.64. The van der Waals surface area contributed by atoms with Crippen LogP contribution in [0.5, 0.6) is 0 Å². The van der Waals surface area contributed by atoms with Gasteiger partial charge in [-0.05, 0) is 44.9 Å². The van der Waals surface area contributed by atoms with Crippen molar-refractivity contribution in [2.24, 2.45) is 5.73 Å². The molecule has 0 radical (unpaired) electrons.